The van der Waals surface area contributed by atoms with Gasteiger partial charge in [0.15, 0.2) is 7.28 Å². The molecule has 0 saturated heterocycles. The Kier molecular flexibility index (Phi) is 6.96. The SMILES string of the molecule is Cc1cc(-c2cc3c(cc2Nc2ccc(C(C)(C)C)cc2)-c2ccccc2C3(C)C)c2c3c1c1cc4oc5ccccc5c4cc1n3-c1cc3sc4ccccc4c3cc1[B]2. The van der Waals surface area contributed by atoms with Crippen LogP contribution >= 0.6 is 11.3 Å². The van der Waals surface area contributed by atoms with Crippen molar-refractivity contribution < 1.29 is 4.42 Å². The summed E-state index contributed by atoms with van der Waals surface area (Å²) < 4.78 is 11.7. The minimum Gasteiger partial charge on any atom is -0.456 e. The van der Waals surface area contributed by atoms with Gasteiger partial charge in [-0.25, -0.2) is 0 Å². The highest BCUT2D eigenvalue weighted by Crippen LogP contribution is 2.52. The predicted octanol–water partition coefficient (Wildman–Crippen LogP) is 14.3. The summed E-state index contributed by atoms with van der Waals surface area (Å²) in [5.41, 5.74) is 20.4. The van der Waals surface area contributed by atoms with E-state index in [1.807, 2.05) is 11.3 Å². The predicted molar refractivity (Wildman–Crippen MR) is 262 cm³/mol. The molecule has 0 spiro atoms. The van der Waals surface area contributed by atoms with Gasteiger partial charge in [0.1, 0.15) is 11.2 Å². The van der Waals surface area contributed by atoms with Crippen LogP contribution in [0.15, 0.2) is 144 Å². The van der Waals surface area contributed by atoms with Crippen LogP contribution in [0.1, 0.15) is 56.9 Å². The molecular formula is C56H42BN2OS. The first-order valence-corrected chi connectivity index (χ1v) is 22.2. The Morgan fingerprint density at radius 2 is 1.39 bits per heavy atom. The first-order valence-electron chi connectivity index (χ1n) is 21.4. The molecule has 0 amide bonds. The highest BCUT2D eigenvalue weighted by atomic mass is 32.1. The fourth-order valence-corrected chi connectivity index (χ4v) is 11.9. The Morgan fingerprint density at radius 1 is 0.623 bits per heavy atom. The third kappa shape index (κ3) is 4.87. The Labute approximate surface area is 359 Å². The van der Waals surface area contributed by atoms with Crippen LogP contribution in [-0.4, -0.2) is 11.8 Å². The number of fused-ring (bicyclic) bond motifs is 14. The van der Waals surface area contributed by atoms with Crippen LogP contribution in [0.25, 0.3) is 91.9 Å². The average Bonchev–Trinajstić information content (AvgIpc) is 3.97. The summed E-state index contributed by atoms with van der Waals surface area (Å²) in [5, 5.41) is 11.4. The number of rotatable bonds is 3. The second-order valence-corrected chi connectivity index (χ2v) is 20.0. The summed E-state index contributed by atoms with van der Waals surface area (Å²) >= 11 is 1.88. The molecule has 3 aromatic heterocycles. The number of hydrogen-bond donors (Lipinski definition) is 1. The van der Waals surface area contributed by atoms with Crippen molar-refractivity contribution in [2.45, 2.75) is 52.4 Å². The van der Waals surface area contributed by atoms with Gasteiger partial charge in [0.05, 0.1) is 5.52 Å². The van der Waals surface area contributed by atoms with E-state index in [4.69, 9.17) is 4.42 Å². The first kappa shape index (κ1) is 35.2. The van der Waals surface area contributed by atoms with Gasteiger partial charge in [-0.2, -0.15) is 0 Å². The summed E-state index contributed by atoms with van der Waals surface area (Å²) in [6.07, 6.45) is 0. The number of anilines is 2. The van der Waals surface area contributed by atoms with Crippen molar-refractivity contribution in [3.63, 3.8) is 0 Å². The lowest BCUT2D eigenvalue weighted by atomic mass is 9.58. The van der Waals surface area contributed by atoms with Gasteiger partial charge in [0.25, 0.3) is 0 Å². The molecule has 11 aromatic rings. The standard InChI is InChI=1S/C56H42BN2OS/c1-30-23-40(37-24-43-36(33-13-7-10-16-42(33)56(43,5)6)26-45(37)58-32-21-19-31(20-22-32)55(2,3)4)53-54-52(30)41-28-49-38(34-14-8-11-17-48(34)60-49)27-46(41)59(54)47-29-51-39(25-44(47)57-53)35-15-9-12-18-50(35)61-51/h7-29,58H,1-6H3. The van der Waals surface area contributed by atoms with Crippen LogP contribution in [0.5, 0.6) is 0 Å². The molecule has 0 atom stereocenters. The molecule has 13 rings (SSSR count). The molecule has 1 radical (unpaired) electrons. The Morgan fingerprint density at radius 3 is 2.23 bits per heavy atom. The fraction of sp³-hybridized carbons (Fsp3) is 0.143. The van der Waals surface area contributed by atoms with Gasteiger partial charge in [0.2, 0.25) is 0 Å². The van der Waals surface area contributed by atoms with E-state index in [9.17, 15) is 0 Å². The third-order valence-electron chi connectivity index (χ3n) is 13.9. The molecule has 1 aliphatic carbocycles. The number of thiophene rings is 1. The van der Waals surface area contributed by atoms with Crippen LogP contribution in [0.3, 0.4) is 0 Å². The summed E-state index contributed by atoms with van der Waals surface area (Å²) in [5.74, 6) is 0. The fourth-order valence-electron chi connectivity index (χ4n) is 10.8. The monoisotopic (exact) mass is 801 g/mol. The van der Waals surface area contributed by atoms with Crippen molar-refractivity contribution in [3.05, 3.63) is 162 Å². The molecule has 3 nitrogen and oxygen atoms in total. The smallest absolute Gasteiger partial charge is 0.197 e. The lowest BCUT2D eigenvalue weighted by molar-refractivity contribution is 0.590. The van der Waals surface area contributed by atoms with Gasteiger partial charge in [-0.05, 0) is 117 Å². The maximum absolute atomic E-state index is 6.56. The number of nitrogens with zero attached hydrogens (tertiary/aromatic N) is 1. The minimum absolute atomic E-state index is 0.0727. The van der Waals surface area contributed by atoms with Crippen molar-refractivity contribution in [2.75, 3.05) is 5.32 Å². The van der Waals surface area contributed by atoms with Crippen molar-refractivity contribution in [2.24, 2.45) is 0 Å². The van der Waals surface area contributed by atoms with E-state index in [1.165, 1.54) is 103 Å². The van der Waals surface area contributed by atoms with E-state index in [0.29, 0.717) is 0 Å². The molecule has 1 N–H and O–H groups in total. The molecule has 291 valence electrons. The van der Waals surface area contributed by atoms with Gasteiger partial charge in [-0.3, -0.25) is 0 Å². The molecule has 4 heterocycles. The van der Waals surface area contributed by atoms with Crippen LogP contribution in [0.4, 0.5) is 11.4 Å². The number of nitrogens with one attached hydrogen (secondary N) is 1. The molecule has 0 bridgehead atoms. The molecule has 0 fully saturated rings. The van der Waals surface area contributed by atoms with E-state index >= 15 is 0 Å². The topological polar surface area (TPSA) is 30.1 Å². The lowest BCUT2D eigenvalue weighted by Crippen LogP contribution is -2.37. The van der Waals surface area contributed by atoms with Crippen molar-refractivity contribution in [3.8, 4) is 27.9 Å². The van der Waals surface area contributed by atoms with Gasteiger partial charge in [-0.15, -0.1) is 11.3 Å². The minimum atomic E-state index is -0.155. The summed E-state index contributed by atoms with van der Waals surface area (Å²) in [7, 11) is 2.48. The Bertz CT molecular complexity index is 3720. The molecule has 0 unspecified atom stereocenters. The molecule has 1 aliphatic heterocycles. The normalized spacial score (nSPS) is 14.0. The largest absolute Gasteiger partial charge is 0.456 e. The summed E-state index contributed by atoms with van der Waals surface area (Å²) in [6, 6.07) is 52.2. The van der Waals surface area contributed by atoms with Crippen LogP contribution in [0, 0.1) is 6.92 Å². The number of para-hydroxylation sites is 1. The highest BCUT2D eigenvalue weighted by Gasteiger charge is 2.37. The number of aromatic nitrogens is 1. The zero-order chi connectivity index (χ0) is 41.1. The van der Waals surface area contributed by atoms with Crippen LogP contribution in [-0.2, 0) is 10.8 Å². The molecule has 8 aromatic carbocycles. The average molecular weight is 802 g/mol. The molecule has 5 heteroatoms. The molecule has 0 saturated carbocycles. The Balaban J connectivity index is 1.13. The third-order valence-corrected chi connectivity index (χ3v) is 15.0. The van der Waals surface area contributed by atoms with Crippen molar-refractivity contribution in [1.82, 2.24) is 4.57 Å². The zero-order valence-electron chi connectivity index (χ0n) is 35.1. The summed E-state index contributed by atoms with van der Waals surface area (Å²) in [6.45, 7) is 13.9. The quantitative estimate of drug-likeness (QED) is 0.180. The maximum Gasteiger partial charge on any atom is 0.197 e. The second-order valence-electron chi connectivity index (χ2n) is 18.9. The second kappa shape index (κ2) is 12.1. The van der Waals surface area contributed by atoms with Crippen LogP contribution < -0.4 is 16.2 Å². The molecule has 2 aliphatic rings. The van der Waals surface area contributed by atoms with E-state index < -0.39 is 0 Å². The number of aryl methyl sites for hydroxylation is 1. The van der Waals surface area contributed by atoms with Crippen molar-refractivity contribution in [1.29, 1.82) is 0 Å². The van der Waals surface area contributed by atoms with E-state index in [2.05, 4.69) is 198 Å². The lowest BCUT2D eigenvalue weighted by Gasteiger charge is -2.27. The van der Waals surface area contributed by atoms with Crippen LogP contribution in [0.2, 0.25) is 0 Å². The van der Waals surface area contributed by atoms with Crippen molar-refractivity contribution >= 4 is 105 Å². The maximum atomic E-state index is 6.56. The number of furan rings is 1. The van der Waals surface area contributed by atoms with Gasteiger partial charge in [-0.1, -0.05) is 125 Å². The molecule has 61 heavy (non-hydrogen) atoms. The zero-order valence-corrected chi connectivity index (χ0v) is 35.9. The first-order chi connectivity index (χ1) is 29.5. The number of benzene rings is 8. The summed E-state index contributed by atoms with van der Waals surface area (Å²) in [4.78, 5) is 0. The van der Waals surface area contributed by atoms with Gasteiger partial charge >= 0.3 is 0 Å². The van der Waals surface area contributed by atoms with E-state index in [0.717, 1.165) is 33.3 Å². The highest BCUT2D eigenvalue weighted by molar-refractivity contribution is 7.25. The van der Waals surface area contributed by atoms with E-state index in [1.54, 1.807) is 0 Å². The Hall–Kier alpha value is -6.56. The number of hydrogen-bond acceptors (Lipinski definition) is 3. The molecular weight excluding hydrogens is 760 g/mol. The van der Waals surface area contributed by atoms with Gasteiger partial charge < -0.3 is 14.3 Å². The van der Waals surface area contributed by atoms with Gasteiger partial charge in [0, 0.05) is 69.9 Å². The van der Waals surface area contributed by atoms with E-state index in [-0.39, 0.29) is 10.8 Å².